The maximum absolute atomic E-state index is 11.8. The summed E-state index contributed by atoms with van der Waals surface area (Å²) in [7, 11) is 0. The van der Waals surface area contributed by atoms with Gasteiger partial charge >= 0.3 is 12.0 Å². The van der Waals surface area contributed by atoms with Crippen LogP contribution in [-0.2, 0) is 6.42 Å². The van der Waals surface area contributed by atoms with Crippen LogP contribution >= 0.6 is 11.3 Å². The maximum atomic E-state index is 11.8. The molecule has 0 aromatic carbocycles. The molecule has 21 heavy (non-hydrogen) atoms. The summed E-state index contributed by atoms with van der Waals surface area (Å²) in [5.74, 6) is -0.566. The predicted molar refractivity (Wildman–Crippen MR) is 75.8 cm³/mol. The zero-order chi connectivity index (χ0) is 15.4. The lowest BCUT2D eigenvalue weighted by molar-refractivity contribution is 0.0697. The Morgan fingerprint density at radius 1 is 1.43 bits per heavy atom. The minimum Gasteiger partial charge on any atom is -0.478 e. The zero-order valence-corrected chi connectivity index (χ0v) is 12.3. The molecule has 0 aliphatic carbocycles. The van der Waals surface area contributed by atoms with E-state index in [1.54, 1.807) is 6.92 Å². The summed E-state index contributed by atoms with van der Waals surface area (Å²) in [5.41, 5.74) is 0.792. The molecule has 2 aromatic rings. The number of nitrogens with one attached hydrogen (secondary N) is 2. The molecule has 2 amide bonds. The Bertz CT molecular complexity index is 651. The highest BCUT2D eigenvalue weighted by Crippen LogP contribution is 2.32. The monoisotopic (exact) mass is 310 g/mol. The molecule has 0 aliphatic heterocycles. The summed E-state index contributed by atoms with van der Waals surface area (Å²) >= 11 is 1.24. The van der Waals surface area contributed by atoms with Crippen LogP contribution in [-0.4, -0.2) is 33.8 Å². The normalized spacial score (nSPS) is 10.4. The number of aryl methyl sites for hydroxylation is 1. The number of carboxylic acid groups (broad SMARTS) is 1. The molecule has 0 aliphatic rings. The smallest absolute Gasteiger partial charge is 0.338 e. The average Bonchev–Trinajstić information content (AvgIpc) is 2.99. The second kappa shape index (κ2) is 6.35. The van der Waals surface area contributed by atoms with Crippen LogP contribution < -0.4 is 10.6 Å². The van der Waals surface area contributed by atoms with E-state index < -0.39 is 12.0 Å². The van der Waals surface area contributed by atoms with Crippen LogP contribution in [0.2, 0.25) is 0 Å². The Balaban J connectivity index is 1.93. The topological polar surface area (TPSA) is 117 Å². The Labute approximate surface area is 124 Å². The number of rotatable bonds is 5. The highest BCUT2D eigenvalue weighted by atomic mass is 32.1. The fourth-order valence-electron chi connectivity index (χ4n) is 1.71. The molecule has 0 saturated heterocycles. The Hall–Kier alpha value is -2.42. The molecule has 0 fully saturated rings. The number of thiophene rings is 1. The second-order valence-electron chi connectivity index (χ2n) is 4.27. The fourth-order valence-corrected chi connectivity index (χ4v) is 2.76. The lowest BCUT2D eigenvalue weighted by Gasteiger charge is -2.06. The largest absolute Gasteiger partial charge is 0.478 e. The molecule has 8 nitrogen and oxygen atoms in total. The number of hydrogen-bond acceptors (Lipinski definition) is 6. The van der Waals surface area contributed by atoms with Crippen molar-refractivity contribution < 1.29 is 19.2 Å². The van der Waals surface area contributed by atoms with E-state index in [4.69, 9.17) is 0 Å². The minimum absolute atomic E-state index is 0.130. The molecule has 112 valence electrons. The summed E-state index contributed by atoms with van der Waals surface area (Å²) < 4.78 is 4.57. The fraction of sp³-hybridized carbons (Fsp3) is 0.333. The van der Waals surface area contributed by atoms with Crippen LogP contribution in [0.5, 0.6) is 0 Å². The lowest BCUT2D eigenvalue weighted by Crippen LogP contribution is -2.30. The van der Waals surface area contributed by atoms with Gasteiger partial charge in [0.2, 0.25) is 6.39 Å². The van der Waals surface area contributed by atoms with E-state index in [0.717, 1.165) is 4.88 Å². The van der Waals surface area contributed by atoms with Crippen LogP contribution in [0, 0.1) is 13.8 Å². The van der Waals surface area contributed by atoms with Gasteiger partial charge in [-0.2, -0.15) is 4.98 Å². The maximum Gasteiger partial charge on any atom is 0.338 e. The number of nitrogens with zero attached hydrogens (tertiary/aromatic N) is 2. The van der Waals surface area contributed by atoms with Crippen LogP contribution in [0.4, 0.5) is 9.80 Å². The molecule has 0 atom stereocenters. The lowest BCUT2D eigenvalue weighted by atomic mass is 10.1. The second-order valence-corrected chi connectivity index (χ2v) is 5.50. The van der Waals surface area contributed by atoms with Gasteiger partial charge in [0.25, 0.3) is 0 Å². The Morgan fingerprint density at radius 3 is 2.81 bits per heavy atom. The number of hydrogen-bond donors (Lipinski definition) is 3. The first-order valence-electron chi connectivity index (χ1n) is 6.12. The molecule has 9 heteroatoms. The molecule has 2 rings (SSSR count). The third-order valence-electron chi connectivity index (χ3n) is 2.87. The number of urea groups is 1. The molecule has 0 unspecified atom stereocenters. The molecule has 2 aromatic heterocycles. The van der Waals surface area contributed by atoms with Gasteiger partial charge in [0.05, 0.1) is 5.56 Å². The van der Waals surface area contributed by atoms with Crippen molar-refractivity contribution in [2.45, 2.75) is 20.3 Å². The van der Waals surface area contributed by atoms with Crippen molar-refractivity contribution >= 4 is 28.3 Å². The van der Waals surface area contributed by atoms with Crippen molar-refractivity contribution in [2.24, 2.45) is 0 Å². The third kappa shape index (κ3) is 3.57. The van der Waals surface area contributed by atoms with Crippen molar-refractivity contribution in [1.82, 2.24) is 15.5 Å². The molecule has 0 bridgehead atoms. The quantitative estimate of drug-likeness (QED) is 0.775. The highest BCUT2D eigenvalue weighted by molar-refractivity contribution is 7.16. The molecule has 0 radical (unpaired) electrons. The molecule has 0 saturated carbocycles. The van der Waals surface area contributed by atoms with Gasteiger partial charge in [-0.1, -0.05) is 5.16 Å². The molecular formula is C12H14N4O4S. The van der Waals surface area contributed by atoms with E-state index in [9.17, 15) is 14.7 Å². The van der Waals surface area contributed by atoms with Crippen molar-refractivity contribution in [3.8, 4) is 0 Å². The van der Waals surface area contributed by atoms with Gasteiger partial charge in [0.15, 0.2) is 5.82 Å². The van der Waals surface area contributed by atoms with Crippen LogP contribution in [0.1, 0.15) is 26.6 Å². The first-order chi connectivity index (χ1) is 9.99. The van der Waals surface area contributed by atoms with Crippen LogP contribution in [0.15, 0.2) is 10.9 Å². The predicted octanol–water partition coefficient (Wildman–Crippen LogP) is 1.81. The van der Waals surface area contributed by atoms with Crippen molar-refractivity contribution in [1.29, 1.82) is 0 Å². The number of aromatic carboxylic acids is 1. The van der Waals surface area contributed by atoms with Crippen molar-refractivity contribution in [2.75, 3.05) is 11.9 Å². The average molecular weight is 310 g/mol. The van der Waals surface area contributed by atoms with E-state index in [2.05, 4.69) is 25.3 Å². The minimum atomic E-state index is -1.06. The van der Waals surface area contributed by atoms with E-state index in [-0.39, 0.29) is 5.56 Å². The SMILES string of the molecule is Cc1sc(NC(=O)NCCc2ncon2)c(C(=O)O)c1C. The van der Waals surface area contributed by atoms with Gasteiger partial charge in [-0.15, -0.1) is 11.3 Å². The number of carbonyl (C=O) groups is 2. The summed E-state index contributed by atoms with van der Waals surface area (Å²) in [5, 5.41) is 18.3. The standard InChI is InChI=1S/C12H14N4O4S/c1-6-7(2)21-10(9(6)11(17)18)15-12(19)13-4-3-8-14-5-20-16-8/h5H,3-4H2,1-2H3,(H,17,18)(H2,13,15,19). The molecule has 0 spiro atoms. The number of carbonyl (C=O) groups excluding carboxylic acids is 1. The zero-order valence-electron chi connectivity index (χ0n) is 11.5. The van der Waals surface area contributed by atoms with Crippen LogP contribution in [0.3, 0.4) is 0 Å². The summed E-state index contributed by atoms with van der Waals surface area (Å²) in [6.07, 6.45) is 1.64. The summed E-state index contributed by atoms with van der Waals surface area (Å²) in [6.45, 7) is 3.84. The van der Waals surface area contributed by atoms with Crippen molar-refractivity contribution in [3.63, 3.8) is 0 Å². The molecular weight excluding hydrogens is 296 g/mol. The number of carboxylic acids is 1. The van der Waals surface area contributed by atoms with Gasteiger partial charge in [-0.25, -0.2) is 9.59 Å². The van der Waals surface area contributed by atoms with Gasteiger partial charge in [-0.05, 0) is 19.4 Å². The molecule has 3 N–H and O–H groups in total. The van der Waals surface area contributed by atoms with E-state index in [1.165, 1.54) is 17.7 Å². The van der Waals surface area contributed by atoms with Gasteiger partial charge in [-0.3, -0.25) is 5.32 Å². The van der Waals surface area contributed by atoms with E-state index >= 15 is 0 Å². The number of aromatic nitrogens is 2. The molecule has 2 heterocycles. The number of amides is 2. The Kier molecular flexibility index (Phi) is 4.53. The first kappa shape index (κ1) is 15.0. The number of anilines is 1. The van der Waals surface area contributed by atoms with E-state index in [0.29, 0.717) is 29.4 Å². The Morgan fingerprint density at radius 2 is 2.19 bits per heavy atom. The van der Waals surface area contributed by atoms with Crippen LogP contribution in [0.25, 0.3) is 0 Å². The first-order valence-corrected chi connectivity index (χ1v) is 6.94. The van der Waals surface area contributed by atoms with Gasteiger partial charge < -0.3 is 14.9 Å². The summed E-state index contributed by atoms with van der Waals surface area (Å²) in [6, 6.07) is -0.470. The summed E-state index contributed by atoms with van der Waals surface area (Å²) in [4.78, 5) is 27.7. The van der Waals surface area contributed by atoms with E-state index in [1.807, 2.05) is 6.92 Å². The van der Waals surface area contributed by atoms with Crippen molar-refractivity contribution in [3.05, 3.63) is 28.2 Å². The third-order valence-corrected chi connectivity index (χ3v) is 3.99. The van der Waals surface area contributed by atoms with Gasteiger partial charge in [0.1, 0.15) is 5.00 Å². The highest BCUT2D eigenvalue weighted by Gasteiger charge is 2.20. The van der Waals surface area contributed by atoms with Gasteiger partial charge in [0, 0.05) is 17.8 Å².